The van der Waals surface area contributed by atoms with Crippen LogP contribution in [0, 0.1) is 0 Å². The summed E-state index contributed by atoms with van der Waals surface area (Å²) in [7, 11) is 1.67. The summed E-state index contributed by atoms with van der Waals surface area (Å²) in [4.78, 5) is 14.5. The molecule has 1 amide bonds. The van der Waals surface area contributed by atoms with Gasteiger partial charge in [0.15, 0.2) is 16.9 Å². The second-order valence-corrected chi connectivity index (χ2v) is 7.90. The van der Waals surface area contributed by atoms with Crippen molar-refractivity contribution in [1.29, 1.82) is 0 Å². The van der Waals surface area contributed by atoms with E-state index in [2.05, 4.69) is 19.4 Å². The van der Waals surface area contributed by atoms with Crippen LogP contribution in [0.15, 0.2) is 78.9 Å². The standard InChI is InChI=1S/C23H21N5O3S/c1-28(15-16-9-4-2-5-10-16)23(30)18-13-8-14-19(20(18)29)25-22-21(26-32(31)27-22)24-17-11-6-3-7-12-17/h2-14,29H,15H2,1H3,(H,24,26)(H,25,27). The van der Waals surface area contributed by atoms with E-state index >= 15 is 0 Å². The van der Waals surface area contributed by atoms with Gasteiger partial charge in [-0.25, -0.2) is 0 Å². The Morgan fingerprint density at radius 2 is 1.56 bits per heavy atom. The van der Waals surface area contributed by atoms with Crippen LogP contribution in [0.25, 0.3) is 0 Å². The van der Waals surface area contributed by atoms with Crippen LogP contribution in [0.3, 0.4) is 0 Å². The van der Waals surface area contributed by atoms with Crippen LogP contribution in [0.1, 0.15) is 15.9 Å². The lowest BCUT2D eigenvalue weighted by molar-refractivity contribution is 0.0782. The Bertz CT molecular complexity index is 1220. The lowest BCUT2D eigenvalue weighted by Crippen LogP contribution is -2.26. The average Bonchev–Trinajstić information content (AvgIpc) is 3.14. The highest BCUT2D eigenvalue weighted by Gasteiger charge is 2.21. The van der Waals surface area contributed by atoms with Gasteiger partial charge in [0.05, 0.1) is 11.3 Å². The first-order valence-corrected chi connectivity index (χ1v) is 10.9. The van der Waals surface area contributed by atoms with Crippen LogP contribution in [-0.4, -0.2) is 36.3 Å². The van der Waals surface area contributed by atoms with Gasteiger partial charge in [0.25, 0.3) is 5.91 Å². The van der Waals surface area contributed by atoms with Crippen molar-refractivity contribution in [3.05, 3.63) is 90.0 Å². The number of nitrogens with one attached hydrogen (secondary N) is 2. The van der Waals surface area contributed by atoms with E-state index in [1.165, 1.54) is 4.90 Å². The molecular formula is C23H21N5O3S. The van der Waals surface area contributed by atoms with Crippen molar-refractivity contribution in [2.45, 2.75) is 6.54 Å². The van der Waals surface area contributed by atoms with E-state index in [4.69, 9.17) is 0 Å². The summed E-state index contributed by atoms with van der Waals surface area (Å²) in [6, 6.07) is 23.6. The molecule has 0 spiro atoms. The zero-order valence-electron chi connectivity index (χ0n) is 17.2. The molecule has 0 bridgehead atoms. The third-order valence-electron chi connectivity index (χ3n) is 4.73. The average molecular weight is 448 g/mol. The van der Waals surface area contributed by atoms with Gasteiger partial charge >= 0.3 is 0 Å². The summed E-state index contributed by atoms with van der Waals surface area (Å²) in [5.41, 5.74) is 2.12. The van der Waals surface area contributed by atoms with E-state index in [0.717, 1.165) is 11.3 Å². The van der Waals surface area contributed by atoms with Crippen molar-refractivity contribution in [2.24, 2.45) is 0 Å². The minimum absolute atomic E-state index is 0.141. The Labute approximate surface area is 188 Å². The highest BCUT2D eigenvalue weighted by molar-refractivity contribution is 7.14. The van der Waals surface area contributed by atoms with Crippen molar-refractivity contribution >= 4 is 40.1 Å². The van der Waals surface area contributed by atoms with Gasteiger partial charge in [0, 0.05) is 28.0 Å². The maximum Gasteiger partial charge on any atom is 0.257 e. The minimum atomic E-state index is -1.79. The fourth-order valence-electron chi connectivity index (χ4n) is 3.16. The molecule has 32 heavy (non-hydrogen) atoms. The number of aromatic hydroxyl groups is 1. The van der Waals surface area contributed by atoms with Crippen LogP contribution in [0.5, 0.6) is 5.75 Å². The Balaban J connectivity index is 1.55. The number of carbonyl (C=O) groups excluding carboxylic acids is 1. The fraction of sp³-hybridized carbons (Fsp3) is 0.0870. The molecular weight excluding hydrogens is 426 g/mol. The van der Waals surface area contributed by atoms with Gasteiger partial charge in [0.1, 0.15) is 0 Å². The Morgan fingerprint density at radius 1 is 0.938 bits per heavy atom. The van der Waals surface area contributed by atoms with Gasteiger partial charge in [0.2, 0.25) is 11.6 Å². The van der Waals surface area contributed by atoms with Crippen molar-refractivity contribution < 1.29 is 14.5 Å². The topological polar surface area (TPSA) is 113 Å². The van der Waals surface area contributed by atoms with E-state index in [0.29, 0.717) is 6.54 Å². The predicted molar refractivity (Wildman–Crippen MR) is 124 cm³/mol. The summed E-state index contributed by atoms with van der Waals surface area (Å²) in [5, 5.41) is 16.8. The van der Waals surface area contributed by atoms with Gasteiger partial charge < -0.3 is 25.2 Å². The van der Waals surface area contributed by atoms with Crippen molar-refractivity contribution in [3.8, 4) is 5.75 Å². The number of benzene rings is 3. The molecule has 9 heteroatoms. The van der Waals surface area contributed by atoms with Crippen LogP contribution in [0.2, 0.25) is 0 Å². The normalized spacial score (nSPS) is 11.1. The third-order valence-corrected chi connectivity index (χ3v) is 5.41. The molecule has 0 aliphatic rings. The van der Waals surface area contributed by atoms with Gasteiger partial charge in [-0.15, -0.1) is 0 Å². The SMILES string of the molecule is CN(Cc1ccccc1)C(=O)c1cccc(Nc2n[s+]([O-])nc2Nc2ccccc2)c1O. The maximum absolute atomic E-state index is 12.9. The second kappa shape index (κ2) is 9.46. The number of phenolic OH excluding ortho intramolecular Hbond substituents is 1. The quantitative estimate of drug-likeness (QED) is 0.279. The highest BCUT2D eigenvalue weighted by Crippen LogP contribution is 2.34. The monoisotopic (exact) mass is 447 g/mol. The van der Waals surface area contributed by atoms with Gasteiger partial charge in [-0.2, -0.15) is 0 Å². The maximum atomic E-state index is 12.9. The van der Waals surface area contributed by atoms with Crippen LogP contribution >= 0.6 is 11.1 Å². The lowest BCUT2D eigenvalue weighted by atomic mass is 10.1. The minimum Gasteiger partial charge on any atom is -0.546 e. The van der Waals surface area contributed by atoms with Crippen molar-refractivity contribution in [1.82, 2.24) is 13.6 Å². The Hall–Kier alpha value is -3.95. The molecule has 1 aromatic heterocycles. The highest BCUT2D eigenvalue weighted by atomic mass is 32.2. The van der Waals surface area contributed by atoms with Gasteiger partial charge in [-0.1, -0.05) is 54.6 Å². The molecule has 1 unspecified atom stereocenters. The fourth-order valence-corrected chi connectivity index (χ4v) is 3.78. The summed E-state index contributed by atoms with van der Waals surface area (Å²) in [6.07, 6.45) is 0. The van der Waals surface area contributed by atoms with Crippen LogP contribution in [0.4, 0.5) is 23.0 Å². The molecule has 1 atom stereocenters. The number of rotatable bonds is 7. The molecule has 4 rings (SSSR count). The Kier molecular flexibility index (Phi) is 6.29. The number of carbonyl (C=O) groups is 1. The number of hydrogen-bond donors (Lipinski definition) is 3. The largest absolute Gasteiger partial charge is 0.546 e. The zero-order valence-corrected chi connectivity index (χ0v) is 18.0. The summed E-state index contributed by atoms with van der Waals surface area (Å²) in [5.74, 6) is -0.0864. The van der Waals surface area contributed by atoms with Crippen molar-refractivity contribution in [3.63, 3.8) is 0 Å². The lowest BCUT2D eigenvalue weighted by Gasteiger charge is -2.19. The van der Waals surface area contributed by atoms with Gasteiger partial charge in [-0.3, -0.25) is 4.79 Å². The predicted octanol–water partition coefficient (Wildman–Crippen LogP) is 4.67. The molecule has 0 aliphatic carbocycles. The van der Waals surface area contributed by atoms with E-state index in [1.54, 1.807) is 25.2 Å². The van der Waals surface area contributed by atoms with Crippen LogP contribution < -0.4 is 10.6 Å². The zero-order chi connectivity index (χ0) is 22.5. The molecule has 3 N–H and O–H groups in total. The second-order valence-electron chi connectivity index (χ2n) is 7.08. The van der Waals surface area contributed by atoms with Crippen LogP contribution in [-0.2, 0) is 6.54 Å². The summed E-state index contributed by atoms with van der Waals surface area (Å²) < 4.78 is 19.9. The van der Waals surface area contributed by atoms with E-state index < -0.39 is 11.1 Å². The number of aromatic nitrogens is 2. The molecule has 1 heterocycles. The molecule has 0 radical (unpaired) electrons. The smallest absolute Gasteiger partial charge is 0.257 e. The van der Waals surface area contributed by atoms with E-state index in [1.807, 2.05) is 60.7 Å². The summed E-state index contributed by atoms with van der Waals surface area (Å²) in [6.45, 7) is 0.403. The van der Waals surface area contributed by atoms with Crippen molar-refractivity contribution in [2.75, 3.05) is 17.7 Å². The van der Waals surface area contributed by atoms with E-state index in [-0.39, 0.29) is 34.5 Å². The molecule has 4 aromatic rings. The summed E-state index contributed by atoms with van der Waals surface area (Å²) >= 11 is -1.79. The number of nitrogens with zero attached hydrogens (tertiary/aromatic N) is 3. The first-order valence-electron chi connectivity index (χ1n) is 9.81. The molecule has 0 aliphatic heterocycles. The number of para-hydroxylation sites is 2. The molecule has 162 valence electrons. The molecule has 0 fully saturated rings. The first kappa shape index (κ1) is 21.3. The third kappa shape index (κ3) is 4.85. The van der Waals surface area contributed by atoms with E-state index in [9.17, 15) is 14.5 Å². The Morgan fingerprint density at radius 3 is 2.25 bits per heavy atom. The number of amides is 1. The molecule has 8 nitrogen and oxygen atoms in total. The number of hydrogen-bond acceptors (Lipinski definition) is 7. The number of phenols is 1. The molecule has 0 saturated heterocycles. The first-order chi connectivity index (χ1) is 15.5. The molecule has 0 saturated carbocycles. The van der Waals surface area contributed by atoms with Gasteiger partial charge in [-0.05, 0) is 29.8 Å². The number of anilines is 4. The molecule has 3 aromatic carbocycles.